The van der Waals surface area contributed by atoms with Crippen LogP contribution >= 0.6 is 0 Å². The number of aliphatic hydroxyl groups is 1. The summed E-state index contributed by atoms with van der Waals surface area (Å²) in [7, 11) is 0. The lowest BCUT2D eigenvalue weighted by Gasteiger charge is -2.49. The Morgan fingerprint density at radius 2 is 1.97 bits per heavy atom. The molecule has 4 heteroatoms. The molecule has 3 aliphatic carbocycles. The summed E-state index contributed by atoms with van der Waals surface area (Å²) in [6.07, 6.45) is 6.74. The lowest BCUT2D eigenvalue weighted by atomic mass is 9.59. The first-order valence-electron chi connectivity index (χ1n) is 11.1. The third kappa shape index (κ3) is 2.55. The number of carbonyl (C=O) groups is 1. The number of rotatable bonds is 1. The Morgan fingerprint density at radius 3 is 2.79 bits per heavy atom. The van der Waals surface area contributed by atoms with Gasteiger partial charge in [-0.05, 0) is 87.0 Å². The van der Waals surface area contributed by atoms with Crippen molar-refractivity contribution in [2.45, 2.75) is 69.7 Å². The Labute approximate surface area is 171 Å². The number of fused-ring (bicyclic) bond motifs is 9. The number of benzene rings is 1. The van der Waals surface area contributed by atoms with E-state index in [1.165, 1.54) is 40.6 Å². The average Bonchev–Trinajstić information content (AvgIpc) is 3.22. The van der Waals surface area contributed by atoms with Crippen LogP contribution in [0.25, 0.3) is 10.9 Å². The van der Waals surface area contributed by atoms with E-state index in [2.05, 4.69) is 29.2 Å². The van der Waals surface area contributed by atoms with Crippen molar-refractivity contribution in [3.05, 3.63) is 47.2 Å². The minimum atomic E-state index is -1.14. The SMILES string of the molecule is CC(C)(O)[C@H]1OC2CC[C@@H]3C(CC[C@H]4Cc5c([nH]c6ccccc56)C43)C2=CC1=O. The van der Waals surface area contributed by atoms with Crippen LogP contribution in [0.2, 0.25) is 0 Å². The molecule has 2 fully saturated rings. The minimum absolute atomic E-state index is 0.00878. The fourth-order valence-electron chi connectivity index (χ4n) is 6.93. The molecule has 29 heavy (non-hydrogen) atoms. The third-order valence-corrected chi connectivity index (χ3v) is 8.05. The van der Waals surface area contributed by atoms with Gasteiger partial charge in [0.25, 0.3) is 0 Å². The lowest BCUT2D eigenvalue weighted by Crippen LogP contribution is -2.51. The molecular weight excluding hydrogens is 362 g/mol. The molecule has 1 aromatic carbocycles. The number of hydrogen-bond acceptors (Lipinski definition) is 3. The van der Waals surface area contributed by atoms with Crippen molar-refractivity contribution in [3.63, 3.8) is 0 Å². The summed E-state index contributed by atoms with van der Waals surface area (Å²) >= 11 is 0. The highest BCUT2D eigenvalue weighted by molar-refractivity contribution is 5.96. The maximum Gasteiger partial charge on any atom is 0.187 e. The first kappa shape index (κ1) is 17.9. The van der Waals surface area contributed by atoms with E-state index >= 15 is 0 Å². The smallest absolute Gasteiger partial charge is 0.187 e. The van der Waals surface area contributed by atoms with Crippen LogP contribution in [0.3, 0.4) is 0 Å². The van der Waals surface area contributed by atoms with Crippen molar-refractivity contribution in [3.8, 4) is 0 Å². The molecule has 1 aliphatic heterocycles. The summed E-state index contributed by atoms with van der Waals surface area (Å²) < 4.78 is 6.17. The number of carbonyl (C=O) groups excluding carboxylic acids is 1. The van der Waals surface area contributed by atoms with Gasteiger partial charge in [0.2, 0.25) is 0 Å². The van der Waals surface area contributed by atoms with E-state index in [0.29, 0.717) is 17.8 Å². The summed E-state index contributed by atoms with van der Waals surface area (Å²) in [4.78, 5) is 16.5. The van der Waals surface area contributed by atoms with Crippen molar-refractivity contribution in [1.29, 1.82) is 0 Å². The maximum atomic E-state index is 12.7. The second-order valence-corrected chi connectivity index (χ2v) is 10.2. The Bertz CT molecular complexity index is 1030. The molecule has 0 radical (unpaired) electrons. The van der Waals surface area contributed by atoms with Gasteiger partial charge in [0.15, 0.2) is 5.78 Å². The normalized spacial score (nSPS) is 36.2. The molecule has 2 heterocycles. The standard InChI is InChI=1S/C25H29NO3/c1-25(2,28)24-20(27)12-17-14-8-7-13-11-18-15-5-3-4-6-19(15)26-23(18)22(13)16(14)9-10-21(17)29-24/h3-6,12-14,16,21-22,24,26,28H,7-11H2,1-2H3/t13-,14?,16+,21?,22?,24-/m0/s1. The molecule has 4 aliphatic rings. The van der Waals surface area contributed by atoms with Gasteiger partial charge < -0.3 is 14.8 Å². The monoisotopic (exact) mass is 391 g/mol. The zero-order valence-electron chi connectivity index (χ0n) is 17.2. The van der Waals surface area contributed by atoms with Gasteiger partial charge in [0.05, 0.1) is 11.7 Å². The number of aromatic nitrogens is 1. The van der Waals surface area contributed by atoms with E-state index < -0.39 is 11.7 Å². The Kier molecular flexibility index (Phi) is 3.74. The van der Waals surface area contributed by atoms with E-state index in [1.54, 1.807) is 13.8 Å². The fraction of sp³-hybridized carbons (Fsp3) is 0.560. The zero-order valence-corrected chi connectivity index (χ0v) is 17.2. The van der Waals surface area contributed by atoms with Crippen LogP contribution < -0.4 is 0 Å². The van der Waals surface area contributed by atoms with E-state index in [9.17, 15) is 9.90 Å². The number of aromatic amines is 1. The van der Waals surface area contributed by atoms with E-state index in [4.69, 9.17) is 4.74 Å². The second kappa shape index (κ2) is 6.05. The Morgan fingerprint density at radius 1 is 1.14 bits per heavy atom. The largest absolute Gasteiger partial charge is 0.387 e. The molecule has 3 unspecified atom stereocenters. The van der Waals surface area contributed by atoms with E-state index in [-0.39, 0.29) is 11.9 Å². The number of ketones is 1. The van der Waals surface area contributed by atoms with Crippen LogP contribution in [0.1, 0.15) is 56.7 Å². The highest BCUT2D eigenvalue weighted by Gasteiger charge is 2.52. The lowest BCUT2D eigenvalue weighted by molar-refractivity contribution is -0.156. The van der Waals surface area contributed by atoms with Gasteiger partial charge >= 0.3 is 0 Å². The summed E-state index contributed by atoms with van der Waals surface area (Å²) in [5.74, 6) is 2.24. The van der Waals surface area contributed by atoms with Crippen molar-refractivity contribution in [1.82, 2.24) is 4.98 Å². The summed E-state index contributed by atoms with van der Waals surface area (Å²) in [6, 6.07) is 8.69. The Balaban J connectivity index is 1.37. The molecule has 6 rings (SSSR count). The number of ether oxygens (including phenoxy) is 1. The summed E-state index contributed by atoms with van der Waals surface area (Å²) in [6.45, 7) is 3.34. The molecule has 0 bridgehead atoms. The number of hydrogen-bond donors (Lipinski definition) is 2. The van der Waals surface area contributed by atoms with Crippen molar-refractivity contribution in [2.24, 2.45) is 17.8 Å². The van der Waals surface area contributed by atoms with Crippen LogP contribution in [-0.4, -0.2) is 33.7 Å². The van der Waals surface area contributed by atoms with Crippen LogP contribution in [0.15, 0.2) is 35.9 Å². The van der Waals surface area contributed by atoms with Crippen molar-refractivity contribution < 1.29 is 14.6 Å². The average molecular weight is 392 g/mol. The molecule has 2 aromatic rings. The number of nitrogens with one attached hydrogen (secondary N) is 1. The van der Waals surface area contributed by atoms with Crippen LogP contribution in [-0.2, 0) is 16.0 Å². The quantitative estimate of drug-likeness (QED) is 0.763. The third-order valence-electron chi connectivity index (χ3n) is 8.05. The van der Waals surface area contributed by atoms with Crippen LogP contribution in [0.4, 0.5) is 0 Å². The fourth-order valence-corrected chi connectivity index (χ4v) is 6.93. The molecule has 2 saturated carbocycles. The molecule has 6 atom stereocenters. The van der Waals surface area contributed by atoms with Gasteiger partial charge in [-0.3, -0.25) is 4.79 Å². The molecule has 0 saturated heterocycles. The van der Waals surface area contributed by atoms with Gasteiger partial charge in [0, 0.05) is 22.5 Å². The molecule has 4 nitrogen and oxygen atoms in total. The second-order valence-electron chi connectivity index (χ2n) is 10.2. The minimum Gasteiger partial charge on any atom is -0.387 e. The maximum absolute atomic E-state index is 12.7. The first-order valence-corrected chi connectivity index (χ1v) is 11.1. The molecule has 0 spiro atoms. The van der Waals surface area contributed by atoms with Crippen LogP contribution in [0.5, 0.6) is 0 Å². The molecule has 0 amide bonds. The molecular formula is C25H29NO3. The van der Waals surface area contributed by atoms with Gasteiger partial charge in [-0.1, -0.05) is 18.2 Å². The molecule has 1 aromatic heterocycles. The molecule has 2 N–H and O–H groups in total. The predicted molar refractivity (Wildman–Crippen MR) is 112 cm³/mol. The highest BCUT2D eigenvalue weighted by Crippen LogP contribution is 2.58. The van der Waals surface area contributed by atoms with Gasteiger partial charge in [0.1, 0.15) is 6.10 Å². The highest BCUT2D eigenvalue weighted by atomic mass is 16.5. The summed E-state index contributed by atoms with van der Waals surface area (Å²) in [5, 5.41) is 11.8. The van der Waals surface area contributed by atoms with Gasteiger partial charge in [-0.2, -0.15) is 0 Å². The molecule has 152 valence electrons. The Hall–Kier alpha value is -1.91. The topological polar surface area (TPSA) is 62.3 Å². The van der Waals surface area contributed by atoms with E-state index in [1.807, 2.05) is 6.08 Å². The number of para-hydroxylation sites is 1. The number of H-pyrrole nitrogens is 1. The van der Waals surface area contributed by atoms with E-state index in [0.717, 1.165) is 25.2 Å². The first-order chi connectivity index (χ1) is 13.9. The zero-order chi connectivity index (χ0) is 19.9. The summed E-state index contributed by atoms with van der Waals surface area (Å²) in [5.41, 5.74) is 4.32. The van der Waals surface area contributed by atoms with Crippen molar-refractivity contribution >= 4 is 16.7 Å². The van der Waals surface area contributed by atoms with Crippen molar-refractivity contribution in [2.75, 3.05) is 0 Å². The predicted octanol–water partition coefficient (Wildman–Crippen LogP) is 4.28. The van der Waals surface area contributed by atoms with Gasteiger partial charge in [-0.25, -0.2) is 0 Å². The van der Waals surface area contributed by atoms with Crippen LogP contribution in [0, 0.1) is 17.8 Å². The van der Waals surface area contributed by atoms with Gasteiger partial charge in [-0.15, -0.1) is 0 Å².